The van der Waals surface area contributed by atoms with Crippen LogP contribution in [0, 0.1) is 6.92 Å². The average molecular weight is 532 g/mol. The van der Waals surface area contributed by atoms with Crippen molar-refractivity contribution in [3.05, 3.63) is 75.8 Å². The van der Waals surface area contributed by atoms with E-state index in [1.807, 2.05) is 49.4 Å². The number of anilines is 2. The molecule has 39 heavy (non-hydrogen) atoms. The van der Waals surface area contributed by atoms with Crippen LogP contribution < -0.4 is 44.9 Å². The Morgan fingerprint density at radius 2 is 1.38 bits per heavy atom. The maximum Gasteiger partial charge on any atom is 0.182 e. The average Bonchev–Trinajstić information content (AvgIpc) is 2.85. The predicted molar refractivity (Wildman–Crippen MR) is 161 cm³/mol. The molecule has 0 aliphatic heterocycles. The van der Waals surface area contributed by atoms with Crippen molar-refractivity contribution in [1.82, 2.24) is 0 Å². The highest BCUT2D eigenvalue weighted by Crippen LogP contribution is 2.50. The van der Waals surface area contributed by atoms with Crippen molar-refractivity contribution < 1.29 is 4.74 Å². The van der Waals surface area contributed by atoms with Crippen molar-refractivity contribution in [2.45, 2.75) is 83.3 Å². The van der Waals surface area contributed by atoms with Crippen molar-refractivity contribution in [3.63, 3.8) is 0 Å². The number of hydrogen-bond acceptors (Lipinski definition) is 8. The topological polar surface area (TPSA) is 191 Å². The first kappa shape index (κ1) is 28.9. The number of ether oxygens (including phenoxy) is 1. The summed E-state index contributed by atoms with van der Waals surface area (Å²) in [6, 6.07) is 13.6. The molecule has 0 aromatic heterocycles. The number of nitrogens with two attached hydrogens (primary N) is 7. The highest BCUT2D eigenvalue weighted by Gasteiger charge is 2.51. The molecule has 3 aromatic rings. The first-order chi connectivity index (χ1) is 18.3. The first-order valence-corrected chi connectivity index (χ1v) is 13.9. The van der Waals surface area contributed by atoms with Crippen LogP contribution in [0.2, 0.25) is 0 Å². The van der Waals surface area contributed by atoms with Gasteiger partial charge in [-0.05, 0) is 67.0 Å². The molecule has 1 aliphatic carbocycles. The Morgan fingerprint density at radius 1 is 0.769 bits per heavy atom. The normalized spacial score (nSPS) is 16.7. The third kappa shape index (κ3) is 4.88. The monoisotopic (exact) mass is 531 g/mol. The first-order valence-electron chi connectivity index (χ1n) is 13.9. The second-order valence-corrected chi connectivity index (χ2v) is 11.2. The zero-order chi connectivity index (χ0) is 28.8. The molecule has 4 rings (SSSR count). The molecule has 0 heterocycles. The van der Waals surface area contributed by atoms with Gasteiger partial charge >= 0.3 is 0 Å². The van der Waals surface area contributed by atoms with E-state index in [0.29, 0.717) is 33.8 Å². The smallest absolute Gasteiger partial charge is 0.182 e. The Balaban J connectivity index is 1.77. The zero-order valence-corrected chi connectivity index (χ0v) is 23.7. The molecule has 8 heteroatoms. The number of nitrogen functional groups attached to an aromatic ring is 2. The summed E-state index contributed by atoms with van der Waals surface area (Å²) in [5.41, 5.74) is 50.0. The van der Waals surface area contributed by atoms with Gasteiger partial charge in [-0.1, -0.05) is 63.4 Å². The summed E-state index contributed by atoms with van der Waals surface area (Å²) in [5.74, 6) is 0.578. The van der Waals surface area contributed by atoms with E-state index in [1.54, 1.807) is 6.92 Å². The Bertz CT molecular complexity index is 1380. The minimum atomic E-state index is -1.63. The quantitative estimate of drug-likeness (QED) is 0.123. The summed E-state index contributed by atoms with van der Waals surface area (Å²) >= 11 is 0. The number of aryl methyl sites for hydroxylation is 2. The van der Waals surface area contributed by atoms with Gasteiger partial charge in [0.2, 0.25) is 0 Å². The predicted octanol–water partition coefficient (Wildman–Crippen LogP) is 3.88. The van der Waals surface area contributed by atoms with Gasteiger partial charge in [-0.15, -0.1) is 0 Å². The molecule has 8 nitrogen and oxygen atoms in total. The van der Waals surface area contributed by atoms with E-state index < -0.39 is 17.1 Å². The van der Waals surface area contributed by atoms with Crippen molar-refractivity contribution >= 4 is 11.4 Å². The molecule has 0 spiro atoms. The van der Waals surface area contributed by atoms with Crippen LogP contribution in [-0.2, 0) is 29.9 Å². The van der Waals surface area contributed by atoms with Crippen LogP contribution in [-0.4, -0.2) is 0 Å². The molecule has 0 saturated heterocycles. The largest absolute Gasteiger partial charge is 0.469 e. The molecule has 0 bridgehead atoms. The van der Waals surface area contributed by atoms with Crippen LogP contribution in [0.4, 0.5) is 11.4 Å². The molecule has 1 unspecified atom stereocenters. The molecule has 1 aliphatic rings. The van der Waals surface area contributed by atoms with Crippen LogP contribution in [0.3, 0.4) is 0 Å². The SMILES string of the molecule is CCCCCc1ccc(OC(C)(N)c2ccc3c(c2C)C(N)(N)C(N)(N)c2c-3ccc(CCC)c2N)cc1N. The van der Waals surface area contributed by atoms with Gasteiger partial charge in [0.05, 0.1) is 0 Å². The van der Waals surface area contributed by atoms with Crippen molar-refractivity contribution in [1.29, 1.82) is 0 Å². The molecule has 1 atom stereocenters. The fraction of sp³-hybridized carbons (Fsp3) is 0.419. The van der Waals surface area contributed by atoms with Crippen molar-refractivity contribution in [2.24, 2.45) is 28.7 Å². The summed E-state index contributed by atoms with van der Waals surface area (Å²) < 4.78 is 6.31. The standard InChI is InChI=1S/C31H45N7O/c1-5-7-8-10-19-11-13-21(17-25(19)32)39-29(4,34)24-16-15-22-23-14-12-20(9-6-2)28(33)27(23)31(37,38)30(35,36)26(22)18(24)3/h11-17H,5-10,32-38H2,1-4H3. The Labute approximate surface area is 232 Å². The van der Waals surface area contributed by atoms with Gasteiger partial charge in [0, 0.05) is 34.1 Å². The van der Waals surface area contributed by atoms with Gasteiger partial charge in [0.15, 0.2) is 5.72 Å². The van der Waals surface area contributed by atoms with Gasteiger partial charge in [0.1, 0.15) is 17.1 Å². The van der Waals surface area contributed by atoms with E-state index in [1.165, 1.54) is 6.42 Å². The summed E-state index contributed by atoms with van der Waals surface area (Å²) in [6.45, 7) is 7.99. The number of unbranched alkanes of at least 4 members (excludes halogenated alkanes) is 2. The highest BCUT2D eigenvalue weighted by atomic mass is 16.5. The van der Waals surface area contributed by atoms with Crippen LogP contribution in [0.15, 0.2) is 42.5 Å². The van der Waals surface area contributed by atoms with Gasteiger partial charge in [-0.25, -0.2) is 0 Å². The molecule has 14 N–H and O–H groups in total. The number of rotatable bonds is 9. The maximum atomic E-state index is 6.80. The van der Waals surface area contributed by atoms with E-state index in [4.69, 9.17) is 44.9 Å². The van der Waals surface area contributed by atoms with Gasteiger partial charge in [-0.2, -0.15) is 0 Å². The number of benzene rings is 3. The Hall–Kier alpha value is -3.14. The fourth-order valence-electron chi connectivity index (χ4n) is 5.97. The third-order valence-electron chi connectivity index (χ3n) is 8.15. The van der Waals surface area contributed by atoms with E-state index in [0.717, 1.165) is 59.9 Å². The zero-order valence-electron chi connectivity index (χ0n) is 23.7. The molecule has 0 radical (unpaired) electrons. The lowest BCUT2D eigenvalue weighted by Gasteiger charge is -2.48. The van der Waals surface area contributed by atoms with E-state index in [-0.39, 0.29) is 0 Å². The third-order valence-corrected chi connectivity index (χ3v) is 8.15. The lowest BCUT2D eigenvalue weighted by molar-refractivity contribution is 0.0935. The maximum absolute atomic E-state index is 6.80. The van der Waals surface area contributed by atoms with E-state index in [9.17, 15) is 0 Å². The summed E-state index contributed by atoms with van der Waals surface area (Å²) in [7, 11) is 0. The van der Waals surface area contributed by atoms with Crippen molar-refractivity contribution in [2.75, 3.05) is 11.5 Å². The minimum absolute atomic E-state index is 0.537. The summed E-state index contributed by atoms with van der Waals surface area (Å²) in [4.78, 5) is 0. The van der Waals surface area contributed by atoms with E-state index >= 15 is 0 Å². The Morgan fingerprint density at radius 3 is 2.03 bits per heavy atom. The number of fused-ring (bicyclic) bond motifs is 3. The summed E-state index contributed by atoms with van der Waals surface area (Å²) in [6.07, 6.45) is 6.10. The molecular formula is C31H45N7O. The van der Waals surface area contributed by atoms with Crippen LogP contribution in [0.1, 0.15) is 79.8 Å². The summed E-state index contributed by atoms with van der Waals surface area (Å²) in [5, 5.41) is 0. The second kappa shape index (κ2) is 10.4. The second-order valence-electron chi connectivity index (χ2n) is 11.2. The molecular weight excluding hydrogens is 486 g/mol. The molecule has 3 aromatic carbocycles. The minimum Gasteiger partial charge on any atom is -0.469 e. The van der Waals surface area contributed by atoms with Gasteiger partial charge < -0.3 is 39.1 Å². The fourth-order valence-corrected chi connectivity index (χ4v) is 5.97. The van der Waals surface area contributed by atoms with E-state index in [2.05, 4.69) is 13.8 Å². The molecule has 0 amide bonds. The van der Waals surface area contributed by atoms with Gasteiger partial charge in [0.25, 0.3) is 0 Å². The lowest BCUT2D eigenvalue weighted by atomic mass is 9.68. The molecule has 0 fully saturated rings. The van der Waals surface area contributed by atoms with Crippen LogP contribution >= 0.6 is 0 Å². The molecule has 210 valence electrons. The number of hydrogen-bond donors (Lipinski definition) is 7. The lowest BCUT2D eigenvalue weighted by Crippen LogP contribution is -2.73. The molecule has 0 saturated carbocycles. The van der Waals surface area contributed by atoms with Crippen molar-refractivity contribution in [3.8, 4) is 16.9 Å². The van der Waals surface area contributed by atoms with Crippen LogP contribution in [0.5, 0.6) is 5.75 Å². The Kier molecular flexibility index (Phi) is 7.73. The highest BCUT2D eigenvalue weighted by molar-refractivity contribution is 5.84. The van der Waals surface area contributed by atoms with Gasteiger partial charge in [-0.3, -0.25) is 5.73 Å². The van der Waals surface area contributed by atoms with Crippen LogP contribution in [0.25, 0.3) is 11.1 Å².